The van der Waals surface area contributed by atoms with Crippen molar-refractivity contribution in [2.45, 2.75) is 32.5 Å². The van der Waals surface area contributed by atoms with Crippen LogP contribution in [-0.2, 0) is 31.9 Å². The van der Waals surface area contributed by atoms with E-state index in [2.05, 4.69) is 4.99 Å². The second-order valence-corrected chi connectivity index (χ2v) is 7.72. The molecule has 0 amide bonds. The summed E-state index contributed by atoms with van der Waals surface area (Å²) in [4.78, 5) is 29.7. The number of para-hydroxylation sites is 1. The lowest BCUT2D eigenvalue weighted by Crippen LogP contribution is -2.54. The molecule has 0 unspecified atom stereocenters. The van der Waals surface area contributed by atoms with E-state index < -0.39 is 23.1 Å². The van der Waals surface area contributed by atoms with Gasteiger partial charge >= 0.3 is 11.9 Å². The maximum Gasteiger partial charge on any atom is 0.327 e. The Labute approximate surface area is 148 Å². The number of nitrogens with zero attached hydrogens (tertiary/aromatic N) is 1. The van der Waals surface area contributed by atoms with Crippen LogP contribution in [0.25, 0.3) is 0 Å². The predicted octanol–water partition coefficient (Wildman–Crippen LogP) is 2.90. The molecule has 1 aromatic carbocycles. The van der Waals surface area contributed by atoms with E-state index in [-0.39, 0.29) is 0 Å². The number of hydrogen-bond donors (Lipinski definition) is 0. The summed E-state index contributed by atoms with van der Waals surface area (Å²) < 4.78 is 11.5. The highest BCUT2D eigenvalue weighted by molar-refractivity contribution is 7.07. The fraction of sp³-hybridized carbons (Fsp3) is 0.316. The largest absolute Gasteiger partial charge is 0.422 e. The lowest BCUT2D eigenvalue weighted by Gasteiger charge is -2.38. The van der Waals surface area contributed by atoms with Crippen molar-refractivity contribution in [1.82, 2.24) is 0 Å². The van der Waals surface area contributed by atoms with Crippen molar-refractivity contribution >= 4 is 29.0 Å². The van der Waals surface area contributed by atoms with Crippen LogP contribution in [0.3, 0.4) is 0 Å². The average molecular weight is 355 g/mol. The molecule has 25 heavy (non-hydrogen) atoms. The zero-order chi connectivity index (χ0) is 17.7. The van der Waals surface area contributed by atoms with E-state index in [1.807, 2.05) is 41.8 Å². The summed E-state index contributed by atoms with van der Waals surface area (Å²) in [5, 5.41) is 1.96. The van der Waals surface area contributed by atoms with Gasteiger partial charge in [0.15, 0.2) is 5.41 Å². The van der Waals surface area contributed by atoms with E-state index in [1.165, 1.54) is 11.3 Å². The lowest BCUT2D eigenvalue weighted by atomic mass is 9.84. The van der Waals surface area contributed by atoms with Crippen molar-refractivity contribution in [3.63, 3.8) is 0 Å². The van der Waals surface area contributed by atoms with Gasteiger partial charge in [-0.1, -0.05) is 18.2 Å². The summed E-state index contributed by atoms with van der Waals surface area (Å²) in [7, 11) is 0. The van der Waals surface area contributed by atoms with Crippen LogP contribution in [0.1, 0.15) is 25.0 Å². The lowest BCUT2D eigenvalue weighted by molar-refractivity contribution is -0.250. The van der Waals surface area contributed by atoms with Crippen LogP contribution in [0, 0.1) is 5.41 Å². The van der Waals surface area contributed by atoms with E-state index in [1.54, 1.807) is 13.8 Å². The minimum absolute atomic E-state index is 0.293. The third-order valence-electron chi connectivity index (χ3n) is 4.47. The molecule has 1 saturated heterocycles. The number of cyclic esters (lactones) is 2. The van der Waals surface area contributed by atoms with Gasteiger partial charge < -0.3 is 9.47 Å². The Balaban J connectivity index is 1.69. The molecule has 6 heteroatoms. The summed E-state index contributed by atoms with van der Waals surface area (Å²) in [5.41, 5.74) is 1.54. The van der Waals surface area contributed by atoms with Gasteiger partial charge in [0.1, 0.15) is 4.67 Å². The van der Waals surface area contributed by atoms with Crippen LogP contribution in [-0.4, -0.2) is 17.7 Å². The minimum atomic E-state index is -1.25. The van der Waals surface area contributed by atoms with Crippen LogP contribution < -0.4 is 4.67 Å². The molecule has 5 nitrogen and oxygen atoms in total. The molecular formula is C19H17NO4S. The number of carbonyl (C=O) groups excluding carboxylic acids is 2. The normalized spacial score (nSPS) is 21.0. The summed E-state index contributed by atoms with van der Waals surface area (Å²) in [6, 6.07) is 11.6. The molecule has 1 aromatic heterocycles. The average Bonchev–Trinajstić information content (AvgIpc) is 2.94. The van der Waals surface area contributed by atoms with Crippen molar-refractivity contribution in [2.75, 3.05) is 0 Å². The van der Waals surface area contributed by atoms with Gasteiger partial charge in [-0.25, -0.2) is 4.99 Å². The van der Waals surface area contributed by atoms with Gasteiger partial charge in [0.05, 0.1) is 5.69 Å². The van der Waals surface area contributed by atoms with Gasteiger partial charge in [0, 0.05) is 20.3 Å². The molecule has 0 saturated carbocycles. The van der Waals surface area contributed by atoms with Crippen LogP contribution >= 0.6 is 11.3 Å². The number of esters is 2. The van der Waals surface area contributed by atoms with E-state index in [0.29, 0.717) is 12.8 Å². The van der Waals surface area contributed by atoms with Gasteiger partial charge in [-0.05, 0) is 41.1 Å². The van der Waals surface area contributed by atoms with Crippen molar-refractivity contribution < 1.29 is 19.1 Å². The number of carbonyl (C=O) groups is 2. The van der Waals surface area contributed by atoms with Gasteiger partial charge in [0.25, 0.3) is 5.79 Å². The molecule has 2 aliphatic rings. The third-order valence-corrected chi connectivity index (χ3v) is 5.32. The van der Waals surface area contributed by atoms with Crippen LogP contribution in [0.2, 0.25) is 0 Å². The highest BCUT2D eigenvalue weighted by atomic mass is 32.1. The Morgan fingerprint density at radius 2 is 1.64 bits per heavy atom. The molecule has 4 rings (SSSR count). The second kappa shape index (κ2) is 5.52. The monoisotopic (exact) mass is 355 g/mol. The number of rotatable bonds is 1. The smallest absolute Gasteiger partial charge is 0.327 e. The molecule has 1 aliphatic heterocycles. The van der Waals surface area contributed by atoms with Crippen LogP contribution in [0.4, 0.5) is 5.69 Å². The molecule has 0 radical (unpaired) electrons. The molecule has 2 aromatic rings. The molecule has 2 heterocycles. The first kappa shape index (κ1) is 16.0. The molecular weight excluding hydrogens is 338 g/mol. The Morgan fingerprint density at radius 1 is 1.00 bits per heavy atom. The van der Waals surface area contributed by atoms with E-state index in [0.717, 1.165) is 21.5 Å². The highest BCUT2D eigenvalue weighted by Crippen LogP contribution is 2.43. The Bertz CT molecular complexity index is 910. The highest BCUT2D eigenvalue weighted by Gasteiger charge is 2.58. The van der Waals surface area contributed by atoms with Gasteiger partial charge in [-0.15, -0.1) is 11.3 Å². The van der Waals surface area contributed by atoms with Crippen molar-refractivity contribution in [3.05, 3.63) is 57.6 Å². The molecule has 0 bridgehead atoms. The Kier molecular flexibility index (Phi) is 3.54. The molecule has 1 aliphatic carbocycles. The number of hydrogen-bond acceptors (Lipinski definition) is 6. The van der Waals surface area contributed by atoms with Crippen molar-refractivity contribution in [3.8, 4) is 0 Å². The van der Waals surface area contributed by atoms with Crippen LogP contribution in [0.15, 0.2) is 46.8 Å². The van der Waals surface area contributed by atoms with Crippen molar-refractivity contribution in [2.24, 2.45) is 10.4 Å². The number of fused-ring (bicyclic) bond motifs is 1. The van der Waals surface area contributed by atoms with Crippen LogP contribution in [0.5, 0.6) is 0 Å². The standard InChI is InChI=1S/C19H17NO4S/c1-18(2)23-16(21)19(17(22)24-18)9-12-8-15(25-11-13(12)10-19)20-14-6-4-3-5-7-14/h3-8,11H,9-10H2,1-2H3. The summed E-state index contributed by atoms with van der Waals surface area (Å²) >= 11 is 1.49. The van der Waals surface area contributed by atoms with E-state index >= 15 is 0 Å². The zero-order valence-corrected chi connectivity index (χ0v) is 14.8. The molecule has 128 valence electrons. The molecule has 1 spiro atoms. The quantitative estimate of drug-likeness (QED) is 0.583. The third kappa shape index (κ3) is 2.76. The first-order chi connectivity index (χ1) is 11.9. The maximum absolute atomic E-state index is 12.5. The maximum atomic E-state index is 12.5. The van der Waals surface area contributed by atoms with E-state index in [4.69, 9.17) is 9.47 Å². The molecule has 1 fully saturated rings. The topological polar surface area (TPSA) is 65.0 Å². The fourth-order valence-electron chi connectivity index (χ4n) is 3.24. The molecule has 0 N–H and O–H groups in total. The Morgan fingerprint density at radius 3 is 2.32 bits per heavy atom. The summed E-state index contributed by atoms with van der Waals surface area (Å²) in [6.45, 7) is 3.13. The zero-order valence-electron chi connectivity index (χ0n) is 13.9. The first-order valence-corrected chi connectivity index (χ1v) is 8.93. The second-order valence-electron chi connectivity index (χ2n) is 6.83. The Hall–Kier alpha value is -2.47. The summed E-state index contributed by atoms with van der Waals surface area (Å²) in [5.74, 6) is -2.21. The van der Waals surface area contributed by atoms with Gasteiger partial charge in [0.2, 0.25) is 0 Å². The van der Waals surface area contributed by atoms with E-state index in [9.17, 15) is 9.59 Å². The molecule has 0 atom stereocenters. The summed E-state index contributed by atoms with van der Waals surface area (Å²) in [6.07, 6.45) is 0.610. The first-order valence-electron chi connectivity index (χ1n) is 8.05. The van der Waals surface area contributed by atoms with Gasteiger partial charge in [-0.2, -0.15) is 0 Å². The predicted molar refractivity (Wildman–Crippen MR) is 92.1 cm³/mol. The minimum Gasteiger partial charge on any atom is -0.422 e. The SMILES string of the molecule is CC1(C)OC(=O)C2(Cc3csc(=Nc4ccccc4)cc3C2)C(=O)O1. The van der Waals surface area contributed by atoms with Gasteiger partial charge in [-0.3, -0.25) is 9.59 Å². The van der Waals surface area contributed by atoms with Crippen molar-refractivity contribution in [1.29, 1.82) is 0 Å². The fourth-order valence-corrected chi connectivity index (χ4v) is 4.10. The number of ether oxygens (including phenoxy) is 2. The number of benzene rings is 1.